The third-order valence-corrected chi connectivity index (χ3v) is 3.84. The highest BCUT2D eigenvalue weighted by Crippen LogP contribution is 2.42. The molecule has 0 radical (unpaired) electrons. The van der Waals surface area contributed by atoms with E-state index in [9.17, 15) is 23.2 Å². The number of anilines is 1. The number of nitrogens with zero attached hydrogens (tertiary/aromatic N) is 1. The maximum Gasteiger partial charge on any atom is 0.418 e. The van der Waals surface area contributed by atoms with Crippen molar-refractivity contribution in [1.29, 1.82) is 5.26 Å². The summed E-state index contributed by atoms with van der Waals surface area (Å²) >= 11 is 0. The third-order valence-electron chi connectivity index (χ3n) is 3.84. The van der Waals surface area contributed by atoms with Crippen molar-refractivity contribution in [2.75, 3.05) is 19.2 Å². The first-order chi connectivity index (χ1) is 13.3. The molecule has 1 N–H and O–H groups in total. The molecule has 1 aliphatic heterocycles. The second kappa shape index (κ2) is 7.52. The van der Waals surface area contributed by atoms with Crippen LogP contribution in [0, 0.1) is 11.3 Å². The first kappa shape index (κ1) is 19.1. The van der Waals surface area contributed by atoms with Gasteiger partial charge in [-0.3, -0.25) is 4.79 Å². The zero-order chi connectivity index (χ0) is 20.3. The Morgan fingerprint density at radius 1 is 1.29 bits per heavy atom. The number of nitriles is 1. The van der Waals surface area contributed by atoms with Crippen molar-refractivity contribution in [2.24, 2.45) is 0 Å². The van der Waals surface area contributed by atoms with Gasteiger partial charge in [-0.1, -0.05) is 12.1 Å². The number of halogens is 3. The molecular weight excluding hydrogens is 377 g/mol. The standard InChI is InChI=1S/C19H13F3N2O4/c1-26-15-7-11(8-16-17(15)28-10-27-16)6-12(9-23)18(25)24-14-5-3-2-4-13(14)19(20,21)22/h2-8H,10H2,1H3,(H,24,25)/b12-6+. The van der Waals surface area contributed by atoms with Crippen LogP contribution in [0.3, 0.4) is 0 Å². The summed E-state index contributed by atoms with van der Waals surface area (Å²) in [4.78, 5) is 12.4. The van der Waals surface area contributed by atoms with Gasteiger partial charge in [0.25, 0.3) is 5.91 Å². The van der Waals surface area contributed by atoms with Crippen LogP contribution in [0.5, 0.6) is 17.2 Å². The molecule has 0 unspecified atom stereocenters. The van der Waals surface area contributed by atoms with Gasteiger partial charge in [-0.05, 0) is 35.9 Å². The SMILES string of the molecule is COc1cc(/C=C(\C#N)C(=O)Nc2ccccc2C(F)(F)F)cc2c1OCO2. The Morgan fingerprint density at radius 3 is 2.71 bits per heavy atom. The van der Waals surface area contributed by atoms with E-state index >= 15 is 0 Å². The Kier molecular flexibility index (Phi) is 5.13. The van der Waals surface area contributed by atoms with Crippen LogP contribution in [0.4, 0.5) is 18.9 Å². The summed E-state index contributed by atoms with van der Waals surface area (Å²) in [6.07, 6.45) is -3.43. The smallest absolute Gasteiger partial charge is 0.418 e. The predicted octanol–water partition coefficient (Wildman–Crippen LogP) is 3.99. The quantitative estimate of drug-likeness (QED) is 0.631. The first-order valence-electron chi connectivity index (χ1n) is 7.90. The number of alkyl halides is 3. The summed E-state index contributed by atoms with van der Waals surface area (Å²) in [6, 6.07) is 9.24. The van der Waals surface area contributed by atoms with E-state index in [0.717, 1.165) is 12.1 Å². The highest BCUT2D eigenvalue weighted by molar-refractivity contribution is 6.10. The van der Waals surface area contributed by atoms with Crippen molar-refractivity contribution in [2.45, 2.75) is 6.18 Å². The van der Waals surface area contributed by atoms with Gasteiger partial charge in [-0.25, -0.2) is 0 Å². The largest absolute Gasteiger partial charge is 0.493 e. The van der Waals surface area contributed by atoms with Crippen molar-refractivity contribution in [3.05, 3.63) is 53.1 Å². The van der Waals surface area contributed by atoms with Crippen LogP contribution in [0.25, 0.3) is 6.08 Å². The normalized spacial score (nSPS) is 13.0. The second-order valence-corrected chi connectivity index (χ2v) is 5.62. The topological polar surface area (TPSA) is 80.6 Å². The molecule has 0 saturated heterocycles. The Balaban J connectivity index is 1.91. The lowest BCUT2D eigenvalue weighted by atomic mass is 10.1. The van der Waals surface area contributed by atoms with Gasteiger partial charge in [0.05, 0.1) is 18.4 Å². The van der Waals surface area contributed by atoms with E-state index in [1.54, 1.807) is 6.07 Å². The molecule has 0 bridgehead atoms. The summed E-state index contributed by atoms with van der Waals surface area (Å²) in [5.74, 6) is 0.115. The summed E-state index contributed by atoms with van der Waals surface area (Å²) in [5.41, 5.74) is -1.45. The summed E-state index contributed by atoms with van der Waals surface area (Å²) in [5, 5.41) is 11.4. The fourth-order valence-corrected chi connectivity index (χ4v) is 2.58. The van der Waals surface area contributed by atoms with Crippen molar-refractivity contribution in [1.82, 2.24) is 0 Å². The van der Waals surface area contributed by atoms with Crippen molar-refractivity contribution in [3.8, 4) is 23.3 Å². The Morgan fingerprint density at radius 2 is 2.04 bits per heavy atom. The summed E-state index contributed by atoms with van der Waals surface area (Å²) in [7, 11) is 1.41. The van der Waals surface area contributed by atoms with Gasteiger partial charge in [0, 0.05) is 0 Å². The van der Waals surface area contributed by atoms with Gasteiger partial charge in [0.1, 0.15) is 11.6 Å². The lowest BCUT2D eigenvalue weighted by molar-refractivity contribution is -0.137. The number of amides is 1. The predicted molar refractivity (Wildman–Crippen MR) is 92.8 cm³/mol. The van der Waals surface area contributed by atoms with Gasteiger partial charge in [-0.2, -0.15) is 18.4 Å². The summed E-state index contributed by atoms with van der Waals surface area (Å²) in [6.45, 7) is -0.00131. The molecule has 2 aromatic carbocycles. The Bertz CT molecular complexity index is 994. The maximum atomic E-state index is 13.1. The van der Waals surface area contributed by atoms with E-state index in [1.165, 1.54) is 37.5 Å². The molecular formula is C19H13F3N2O4. The number of carbonyl (C=O) groups excluding carboxylic acids is 1. The van der Waals surface area contributed by atoms with Crippen molar-refractivity contribution in [3.63, 3.8) is 0 Å². The van der Waals surface area contributed by atoms with Crippen molar-refractivity contribution >= 4 is 17.7 Å². The molecule has 1 amide bonds. The minimum Gasteiger partial charge on any atom is -0.493 e. The van der Waals surface area contributed by atoms with Crippen LogP contribution in [0.2, 0.25) is 0 Å². The number of benzene rings is 2. The van der Waals surface area contributed by atoms with Gasteiger partial charge in [-0.15, -0.1) is 0 Å². The molecule has 0 spiro atoms. The van der Waals surface area contributed by atoms with Gasteiger partial charge in [0.15, 0.2) is 11.5 Å². The molecule has 0 saturated carbocycles. The maximum absolute atomic E-state index is 13.1. The fraction of sp³-hybridized carbons (Fsp3) is 0.158. The van der Waals surface area contributed by atoms with Crippen LogP contribution < -0.4 is 19.5 Å². The van der Waals surface area contributed by atoms with E-state index in [0.29, 0.717) is 22.8 Å². The number of hydrogen-bond acceptors (Lipinski definition) is 5. The molecule has 144 valence electrons. The fourth-order valence-electron chi connectivity index (χ4n) is 2.58. The Labute approximate surface area is 157 Å². The molecule has 1 aliphatic rings. The van der Waals surface area contributed by atoms with Gasteiger partial charge >= 0.3 is 6.18 Å². The van der Waals surface area contributed by atoms with Crippen LogP contribution in [0.15, 0.2) is 42.0 Å². The van der Waals surface area contributed by atoms with Crippen LogP contribution in [0.1, 0.15) is 11.1 Å². The van der Waals surface area contributed by atoms with Crippen molar-refractivity contribution < 1.29 is 32.2 Å². The number of hydrogen-bond donors (Lipinski definition) is 1. The molecule has 0 fully saturated rings. The van der Waals surface area contributed by atoms with E-state index in [1.807, 2.05) is 0 Å². The van der Waals surface area contributed by atoms with E-state index in [2.05, 4.69) is 5.32 Å². The van der Waals surface area contributed by atoms with E-state index in [4.69, 9.17) is 14.2 Å². The molecule has 28 heavy (non-hydrogen) atoms. The lowest BCUT2D eigenvalue weighted by Gasteiger charge is -2.13. The Hall–Kier alpha value is -3.67. The molecule has 6 nitrogen and oxygen atoms in total. The van der Waals surface area contributed by atoms with Crippen LogP contribution >= 0.6 is 0 Å². The molecule has 0 atom stereocenters. The van der Waals surface area contributed by atoms with Crippen LogP contribution in [-0.2, 0) is 11.0 Å². The second-order valence-electron chi connectivity index (χ2n) is 5.62. The zero-order valence-electron chi connectivity index (χ0n) is 14.5. The van der Waals surface area contributed by atoms with Gasteiger partial charge in [0.2, 0.25) is 12.5 Å². The molecule has 1 heterocycles. The number of para-hydroxylation sites is 1. The minimum atomic E-state index is -4.65. The number of carbonyl (C=O) groups is 1. The monoisotopic (exact) mass is 390 g/mol. The molecule has 9 heteroatoms. The number of fused-ring (bicyclic) bond motifs is 1. The molecule has 3 rings (SSSR count). The van der Waals surface area contributed by atoms with E-state index < -0.39 is 28.9 Å². The highest BCUT2D eigenvalue weighted by Gasteiger charge is 2.33. The average molecular weight is 390 g/mol. The first-order valence-corrected chi connectivity index (χ1v) is 7.90. The number of nitrogens with one attached hydrogen (secondary N) is 1. The molecule has 0 aliphatic carbocycles. The lowest BCUT2D eigenvalue weighted by Crippen LogP contribution is -2.17. The minimum absolute atomic E-state index is 0.00131. The average Bonchev–Trinajstić information content (AvgIpc) is 3.13. The zero-order valence-corrected chi connectivity index (χ0v) is 14.5. The number of rotatable bonds is 4. The molecule has 2 aromatic rings. The number of methoxy groups -OCH3 is 1. The van der Waals surface area contributed by atoms with E-state index in [-0.39, 0.29) is 6.79 Å². The molecule has 0 aromatic heterocycles. The van der Waals surface area contributed by atoms with Crippen LogP contribution in [-0.4, -0.2) is 19.8 Å². The summed E-state index contributed by atoms with van der Waals surface area (Å²) < 4.78 is 54.9. The number of ether oxygens (including phenoxy) is 3. The van der Waals surface area contributed by atoms with Gasteiger partial charge < -0.3 is 19.5 Å². The highest BCUT2D eigenvalue weighted by atomic mass is 19.4. The third kappa shape index (κ3) is 3.86.